The number of halogens is 2. The van der Waals surface area contributed by atoms with Gasteiger partial charge in [-0.3, -0.25) is 14.7 Å². The highest BCUT2D eigenvalue weighted by molar-refractivity contribution is 6.05. The van der Waals surface area contributed by atoms with Crippen LogP contribution >= 0.6 is 12.4 Å². The molecule has 4 rings (SSSR count). The van der Waals surface area contributed by atoms with E-state index >= 15 is 0 Å². The summed E-state index contributed by atoms with van der Waals surface area (Å²) in [6, 6.07) is 16.3. The lowest BCUT2D eigenvalue weighted by Crippen LogP contribution is -2.49. The fourth-order valence-corrected chi connectivity index (χ4v) is 3.56. The van der Waals surface area contributed by atoms with Gasteiger partial charge in [0.15, 0.2) is 0 Å². The molecule has 0 saturated carbocycles. The van der Waals surface area contributed by atoms with Crippen molar-refractivity contribution in [2.75, 3.05) is 32.7 Å². The van der Waals surface area contributed by atoms with Crippen molar-refractivity contribution in [1.29, 1.82) is 0 Å². The minimum absolute atomic E-state index is 0. The first kappa shape index (κ1) is 20.2. The number of rotatable bonds is 4. The van der Waals surface area contributed by atoms with E-state index in [4.69, 9.17) is 0 Å². The Kier molecular flexibility index (Phi) is 6.60. The Hall–Kier alpha value is -2.50. The molecule has 1 fully saturated rings. The van der Waals surface area contributed by atoms with Crippen LogP contribution in [-0.4, -0.2) is 53.4 Å². The number of carbonyl (C=O) groups is 1. The summed E-state index contributed by atoms with van der Waals surface area (Å²) in [4.78, 5) is 21.6. The van der Waals surface area contributed by atoms with Gasteiger partial charge >= 0.3 is 0 Å². The van der Waals surface area contributed by atoms with Crippen molar-refractivity contribution in [3.63, 3.8) is 0 Å². The van der Waals surface area contributed by atoms with Crippen molar-refractivity contribution in [3.8, 4) is 0 Å². The average molecular weight is 400 g/mol. The lowest BCUT2D eigenvalue weighted by Gasteiger charge is -2.34. The highest BCUT2D eigenvalue weighted by Crippen LogP contribution is 2.18. The molecule has 1 aliphatic rings. The standard InChI is InChI=1S/C22H22FN3O.ClH/c23-19-8-6-17(7-9-19)10-12-25-13-15-26(16-14-25)22(27)20-5-1-3-18-4-2-11-24-21(18)20;/h1-9,11H,10,12-16H2;1H. The summed E-state index contributed by atoms with van der Waals surface area (Å²) >= 11 is 0. The van der Waals surface area contributed by atoms with Gasteiger partial charge in [-0.2, -0.15) is 0 Å². The maximum atomic E-state index is 13.0. The molecule has 0 atom stereocenters. The van der Waals surface area contributed by atoms with E-state index in [1.807, 2.05) is 47.4 Å². The number of hydrogen-bond acceptors (Lipinski definition) is 3. The Labute approximate surface area is 170 Å². The van der Waals surface area contributed by atoms with E-state index in [1.165, 1.54) is 12.1 Å². The van der Waals surface area contributed by atoms with E-state index < -0.39 is 0 Å². The van der Waals surface area contributed by atoms with Crippen LogP contribution < -0.4 is 0 Å². The second-order valence-corrected chi connectivity index (χ2v) is 6.89. The fraction of sp³-hybridized carbons (Fsp3) is 0.273. The zero-order valence-electron chi connectivity index (χ0n) is 15.6. The van der Waals surface area contributed by atoms with Crippen molar-refractivity contribution >= 4 is 29.2 Å². The van der Waals surface area contributed by atoms with Crippen molar-refractivity contribution in [2.24, 2.45) is 0 Å². The predicted molar refractivity (Wildman–Crippen MR) is 111 cm³/mol. The summed E-state index contributed by atoms with van der Waals surface area (Å²) in [6.45, 7) is 4.05. The summed E-state index contributed by atoms with van der Waals surface area (Å²) in [6.07, 6.45) is 2.62. The topological polar surface area (TPSA) is 36.4 Å². The first-order chi connectivity index (χ1) is 13.2. The van der Waals surface area contributed by atoms with Crippen LogP contribution in [0.15, 0.2) is 60.8 Å². The first-order valence-electron chi connectivity index (χ1n) is 9.30. The second-order valence-electron chi connectivity index (χ2n) is 6.89. The van der Waals surface area contributed by atoms with Gasteiger partial charge in [0.25, 0.3) is 5.91 Å². The van der Waals surface area contributed by atoms with Crippen LogP contribution in [0.1, 0.15) is 15.9 Å². The zero-order valence-corrected chi connectivity index (χ0v) is 16.4. The molecule has 0 bridgehead atoms. The van der Waals surface area contributed by atoms with E-state index in [2.05, 4.69) is 9.88 Å². The molecule has 1 aromatic heterocycles. The smallest absolute Gasteiger partial charge is 0.256 e. The number of fused-ring (bicyclic) bond motifs is 1. The molecule has 1 aliphatic heterocycles. The number of pyridine rings is 1. The highest BCUT2D eigenvalue weighted by atomic mass is 35.5. The van der Waals surface area contributed by atoms with Gasteiger partial charge < -0.3 is 4.90 Å². The van der Waals surface area contributed by atoms with Gasteiger partial charge in [0.1, 0.15) is 5.82 Å². The Morgan fingerprint density at radius 3 is 2.43 bits per heavy atom. The molecule has 0 aliphatic carbocycles. The fourth-order valence-electron chi connectivity index (χ4n) is 3.56. The SMILES string of the molecule is Cl.O=C(c1cccc2cccnc12)N1CCN(CCc2ccc(F)cc2)CC1. The van der Waals surface area contributed by atoms with Crippen LogP contribution in [0.5, 0.6) is 0 Å². The van der Waals surface area contributed by atoms with Crippen molar-refractivity contribution in [2.45, 2.75) is 6.42 Å². The van der Waals surface area contributed by atoms with Crippen LogP contribution in [0, 0.1) is 5.82 Å². The van der Waals surface area contributed by atoms with Gasteiger partial charge in [-0.15, -0.1) is 12.4 Å². The number of piperazine rings is 1. The summed E-state index contributed by atoms with van der Waals surface area (Å²) in [7, 11) is 0. The highest BCUT2D eigenvalue weighted by Gasteiger charge is 2.23. The molecule has 2 aromatic carbocycles. The third-order valence-electron chi connectivity index (χ3n) is 5.15. The van der Waals surface area contributed by atoms with Gasteiger partial charge in [0.2, 0.25) is 0 Å². The minimum Gasteiger partial charge on any atom is -0.336 e. The summed E-state index contributed by atoms with van der Waals surface area (Å²) < 4.78 is 13.0. The molecular formula is C22H23ClFN3O. The largest absolute Gasteiger partial charge is 0.336 e. The van der Waals surface area contributed by atoms with Gasteiger partial charge in [-0.05, 0) is 36.2 Å². The van der Waals surface area contributed by atoms with E-state index in [0.29, 0.717) is 18.7 Å². The van der Waals surface area contributed by atoms with Crippen molar-refractivity contribution < 1.29 is 9.18 Å². The maximum Gasteiger partial charge on any atom is 0.256 e. The molecule has 4 nitrogen and oxygen atoms in total. The van der Waals surface area contributed by atoms with E-state index in [9.17, 15) is 9.18 Å². The van der Waals surface area contributed by atoms with E-state index in [1.54, 1.807) is 6.20 Å². The Morgan fingerprint density at radius 2 is 1.68 bits per heavy atom. The number of hydrogen-bond donors (Lipinski definition) is 0. The number of aromatic nitrogens is 1. The van der Waals surface area contributed by atoms with Crippen molar-refractivity contribution in [3.05, 3.63) is 77.7 Å². The number of nitrogens with zero attached hydrogens (tertiary/aromatic N) is 3. The Bertz CT molecular complexity index is 935. The summed E-state index contributed by atoms with van der Waals surface area (Å²) in [5.41, 5.74) is 2.58. The van der Waals surface area contributed by atoms with Crippen LogP contribution in [0.4, 0.5) is 4.39 Å². The predicted octanol–water partition coefficient (Wildman–Crippen LogP) is 3.80. The second kappa shape index (κ2) is 9.13. The quantitative estimate of drug-likeness (QED) is 0.669. The molecule has 0 N–H and O–H groups in total. The first-order valence-corrected chi connectivity index (χ1v) is 9.30. The molecule has 0 unspecified atom stereocenters. The average Bonchev–Trinajstić information content (AvgIpc) is 2.73. The molecule has 0 spiro atoms. The lowest BCUT2D eigenvalue weighted by molar-refractivity contribution is 0.0640. The molecular weight excluding hydrogens is 377 g/mol. The molecule has 3 aromatic rings. The van der Waals surface area contributed by atoms with Gasteiger partial charge in [-0.1, -0.05) is 30.3 Å². The minimum atomic E-state index is -0.200. The monoisotopic (exact) mass is 399 g/mol. The Morgan fingerprint density at radius 1 is 0.964 bits per heavy atom. The van der Waals surface area contributed by atoms with Gasteiger partial charge in [-0.25, -0.2) is 4.39 Å². The number of para-hydroxylation sites is 1. The number of amides is 1. The molecule has 146 valence electrons. The van der Waals surface area contributed by atoms with Crippen LogP contribution in [0.25, 0.3) is 10.9 Å². The molecule has 0 radical (unpaired) electrons. The van der Waals surface area contributed by atoms with Crippen LogP contribution in [0.3, 0.4) is 0 Å². The lowest BCUT2D eigenvalue weighted by atomic mass is 10.1. The zero-order chi connectivity index (χ0) is 18.6. The van der Waals surface area contributed by atoms with Gasteiger partial charge in [0.05, 0.1) is 11.1 Å². The number of carbonyl (C=O) groups excluding carboxylic acids is 1. The van der Waals surface area contributed by atoms with Crippen LogP contribution in [-0.2, 0) is 6.42 Å². The van der Waals surface area contributed by atoms with E-state index in [0.717, 1.165) is 42.5 Å². The maximum absolute atomic E-state index is 13.0. The normalized spacial score (nSPS) is 14.7. The molecule has 1 saturated heterocycles. The van der Waals surface area contributed by atoms with Crippen molar-refractivity contribution in [1.82, 2.24) is 14.8 Å². The summed E-state index contributed by atoms with van der Waals surface area (Å²) in [5, 5.41) is 0.987. The molecule has 28 heavy (non-hydrogen) atoms. The molecule has 2 heterocycles. The van der Waals surface area contributed by atoms with E-state index in [-0.39, 0.29) is 24.1 Å². The van der Waals surface area contributed by atoms with Crippen LogP contribution in [0.2, 0.25) is 0 Å². The third-order valence-corrected chi connectivity index (χ3v) is 5.15. The number of benzene rings is 2. The molecule has 1 amide bonds. The third kappa shape index (κ3) is 4.49. The van der Waals surface area contributed by atoms with Gasteiger partial charge in [0, 0.05) is 44.3 Å². The Balaban J connectivity index is 0.00000225. The molecule has 6 heteroatoms. The summed E-state index contributed by atoms with van der Waals surface area (Å²) in [5.74, 6) is -0.147.